The number of pyridine rings is 1. The van der Waals surface area contributed by atoms with Crippen LogP contribution in [0.15, 0.2) is 29.5 Å². The molecule has 0 amide bonds. The number of aliphatic imine (C=N–C) groups is 1. The van der Waals surface area contributed by atoms with Gasteiger partial charge in [0.15, 0.2) is 5.96 Å². The maximum atomic E-state index is 4.22. The molecule has 0 aliphatic carbocycles. The van der Waals surface area contributed by atoms with Gasteiger partial charge in [0.2, 0.25) is 0 Å². The molecule has 0 saturated heterocycles. The molecule has 100 valence electrons. The van der Waals surface area contributed by atoms with Crippen LogP contribution in [0.3, 0.4) is 0 Å². The normalized spacial score (nSPS) is 13.5. The third-order valence-corrected chi connectivity index (χ3v) is 3.02. The second-order valence-corrected chi connectivity index (χ2v) is 4.79. The number of hydrogen-bond donors (Lipinski definition) is 2. The average Bonchev–Trinajstić information content (AvgIpc) is 2.38. The van der Waals surface area contributed by atoms with Crippen LogP contribution in [0.1, 0.15) is 26.3 Å². The molecule has 0 radical (unpaired) electrons. The number of rotatable bonds is 5. The molecule has 0 saturated carbocycles. The van der Waals surface area contributed by atoms with Crippen LogP contribution in [0.25, 0.3) is 0 Å². The fourth-order valence-electron chi connectivity index (χ4n) is 1.45. The minimum absolute atomic E-state index is 0.412. The van der Waals surface area contributed by atoms with E-state index in [1.807, 2.05) is 12.3 Å². The number of hydrogen-bond acceptors (Lipinski definition) is 2. The van der Waals surface area contributed by atoms with Crippen molar-refractivity contribution in [1.29, 1.82) is 0 Å². The first-order valence-electron chi connectivity index (χ1n) is 6.49. The van der Waals surface area contributed by atoms with E-state index in [0.717, 1.165) is 18.9 Å². The Morgan fingerprint density at radius 3 is 2.72 bits per heavy atom. The lowest BCUT2D eigenvalue weighted by atomic mass is 10.1. The van der Waals surface area contributed by atoms with Crippen LogP contribution in [0.2, 0.25) is 0 Å². The monoisotopic (exact) mass is 248 g/mol. The predicted octanol–water partition coefficient (Wildman–Crippen LogP) is 1.83. The van der Waals surface area contributed by atoms with Crippen LogP contribution in [0, 0.1) is 5.92 Å². The smallest absolute Gasteiger partial charge is 0.191 e. The van der Waals surface area contributed by atoms with E-state index in [1.165, 1.54) is 5.56 Å². The van der Waals surface area contributed by atoms with Gasteiger partial charge < -0.3 is 10.6 Å². The third-order valence-electron chi connectivity index (χ3n) is 3.02. The average molecular weight is 248 g/mol. The third kappa shape index (κ3) is 5.17. The Balaban J connectivity index is 2.33. The van der Waals surface area contributed by atoms with E-state index in [2.05, 4.69) is 47.4 Å². The fraction of sp³-hybridized carbons (Fsp3) is 0.571. The summed E-state index contributed by atoms with van der Waals surface area (Å²) in [5.74, 6) is 1.45. The highest BCUT2D eigenvalue weighted by molar-refractivity contribution is 5.79. The number of aromatic nitrogens is 1. The zero-order valence-electron chi connectivity index (χ0n) is 11.8. The lowest BCUT2D eigenvalue weighted by Gasteiger charge is -2.20. The topological polar surface area (TPSA) is 49.3 Å². The van der Waals surface area contributed by atoms with Gasteiger partial charge in [0, 0.05) is 32.0 Å². The molecule has 0 fully saturated rings. The van der Waals surface area contributed by atoms with Crippen molar-refractivity contribution in [3.05, 3.63) is 30.1 Å². The first-order chi connectivity index (χ1) is 8.63. The van der Waals surface area contributed by atoms with Gasteiger partial charge in [-0.15, -0.1) is 0 Å². The molecular formula is C14H24N4. The van der Waals surface area contributed by atoms with Gasteiger partial charge in [-0.05, 0) is 30.9 Å². The first kappa shape index (κ1) is 14.5. The number of nitrogens with zero attached hydrogens (tertiary/aromatic N) is 2. The van der Waals surface area contributed by atoms with Crippen molar-refractivity contribution < 1.29 is 0 Å². The number of nitrogens with one attached hydrogen (secondary N) is 2. The summed E-state index contributed by atoms with van der Waals surface area (Å²) in [6.07, 6.45) is 4.64. The molecule has 1 aromatic rings. The molecule has 4 nitrogen and oxygen atoms in total. The summed E-state index contributed by atoms with van der Waals surface area (Å²) in [5.41, 5.74) is 1.23. The summed E-state index contributed by atoms with van der Waals surface area (Å²) in [6.45, 7) is 7.41. The van der Waals surface area contributed by atoms with Crippen molar-refractivity contribution >= 4 is 5.96 Å². The van der Waals surface area contributed by atoms with Crippen molar-refractivity contribution in [2.24, 2.45) is 10.9 Å². The Hall–Kier alpha value is -1.58. The Bertz CT molecular complexity index is 359. The second-order valence-electron chi connectivity index (χ2n) is 4.79. The summed E-state index contributed by atoms with van der Waals surface area (Å²) in [6, 6.07) is 4.46. The van der Waals surface area contributed by atoms with E-state index in [9.17, 15) is 0 Å². The predicted molar refractivity (Wildman–Crippen MR) is 76.7 cm³/mol. The lowest BCUT2D eigenvalue weighted by Crippen LogP contribution is -2.44. The van der Waals surface area contributed by atoms with Gasteiger partial charge in [0.25, 0.3) is 0 Å². The van der Waals surface area contributed by atoms with E-state index in [1.54, 1.807) is 13.2 Å². The van der Waals surface area contributed by atoms with Crippen LogP contribution in [-0.4, -0.2) is 30.6 Å². The van der Waals surface area contributed by atoms with Gasteiger partial charge >= 0.3 is 0 Å². The molecule has 0 bridgehead atoms. The Morgan fingerprint density at radius 1 is 1.39 bits per heavy atom. The van der Waals surface area contributed by atoms with Gasteiger partial charge in [0.05, 0.1) is 0 Å². The SMILES string of the molecule is CN=C(NCCc1cccnc1)NC(C)C(C)C. The highest BCUT2D eigenvalue weighted by Crippen LogP contribution is 1.99. The second kappa shape index (κ2) is 7.69. The van der Waals surface area contributed by atoms with E-state index in [4.69, 9.17) is 0 Å². The number of guanidine groups is 1. The zero-order valence-corrected chi connectivity index (χ0v) is 11.8. The van der Waals surface area contributed by atoms with Crippen LogP contribution in [0.5, 0.6) is 0 Å². The van der Waals surface area contributed by atoms with Crippen molar-refractivity contribution in [2.45, 2.75) is 33.2 Å². The molecule has 0 aromatic carbocycles. The van der Waals surface area contributed by atoms with Crippen LogP contribution < -0.4 is 10.6 Å². The van der Waals surface area contributed by atoms with E-state index < -0.39 is 0 Å². The first-order valence-corrected chi connectivity index (χ1v) is 6.49. The van der Waals surface area contributed by atoms with Gasteiger partial charge in [-0.1, -0.05) is 19.9 Å². The van der Waals surface area contributed by atoms with E-state index >= 15 is 0 Å². The van der Waals surface area contributed by atoms with Gasteiger partial charge in [-0.25, -0.2) is 0 Å². The molecule has 1 aromatic heterocycles. The van der Waals surface area contributed by atoms with Gasteiger partial charge in [0.1, 0.15) is 0 Å². The van der Waals surface area contributed by atoms with Crippen LogP contribution >= 0.6 is 0 Å². The summed E-state index contributed by atoms with van der Waals surface area (Å²) < 4.78 is 0. The minimum Gasteiger partial charge on any atom is -0.356 e. The standard InChI is InChI=1S/C14H24N4/c1-11(2)12(3)18-14(15-4)17-9-7-13-6-5-8-16-10-13/h5-6,8,10-12H,7,9H2,1-4H3,(H2,15,17,18). The van der Waals surface area contributed by atoms with Gasteiger partial charge in [-0.3, -0.25) is 9.98 Å². The van der Waals surface area contributed by atoms with Crippen molar-refractivity contribution in [3.8, 4) is 0 Å². The molecule has 1 unspecified atom stereocenters. The molecule has 1 atom stereocenters. The Kier molecular flexibility index (Phi) is 6.19. The molecular weight excluding hydrogens is 224 g/mol. The molecule has 2 N–H and O–H groups in total. The molecule has 1 rings (SSSR count). The van der Waals surface area contributed by atoms with Crippen LogP contribution in [-0.2, 0) is 6.42 Å². The largest absolute Gasteiger partial charge is 0.356 e. The van der Waals surface area contributed by atoms with Gasteiger partial charge in [-0.2, -0.15) is 0 Å². The lowest BCUT2D eigenvalue weighted by molar-refractivity contribution is 0.481. The molecule has 0 aliphatic heterocycles. The highest BCUT2D eigenvalue weighted by Gasteiger charge is 2.08. The molecule has 1 heterocycles. The van der Waals surface area contributed by atoms with E-state index in [-0.39, 0.29) is 0 Å². The fourth-order valence-corrected chi connectivity index (χ4v) is 1.45. The molecule has 0 aliphatic rings. The summed E-state index contributed by atoms with van der Waals surface area (Å²) in [4.78, 5) is 8.32. The van der Waals surface area contributed by atoms with Crippen molar-refractivity contribution in [1.82, 2.24) is 15.6 Å². The van der Waals surface area contributed by atoms with Crippen LogP contribution in [0.4, 0.5) is 0 Å². The summed E-state index contributed by atoms with van der Waals surface area (Å²) in [5, 5.41) is 6.69. The summed E-state index contributed by atoms with van der Waals surface area (Å²) >= 11 is 0. The quantitative estimate of drug-likeness (QED) is 0.617. The zero-order chi connectivity index (χ0) is 13.4. The summed E-state index contributed by atoms with van der Waals surface area (Å²) in [7, 11) is 1.80. The van der Waals surface area contributed by atoms with Crippen molar-refractivity contribution in [2.75, 3.05) is 13.6 Å². The van der Waals surface area contributed by atoms with E-state index in [0.29, 0.717) is 12.0 Å². The Morgan fingerprint density at radius 2 is 2.17 bits per heavy atom. The maximum absolute atomic E-state index is 4.22. The molecule has 4 heteroatoms. The minimum atomic E-state index is 0.412. The highest BCUT2D eigenvalue weighted by atomic mass is 15.2. The molecule has 18 heavy (non-hydrogen) atoms. The molecule has 0 spiro atoms. The Labute approximate surface area is 110 Å². The maximum Gasteiger partial charge on any atom is 0.191 e. The van der Waals surface area contributed by atoms with Crippen molar-refractivity contribution in [3.63, 3.8) is 0 Å².